The van der Waals surface area contributed by atoms with Gasteiger partial charge >= 0.3 is 0 Å². The summed E-state index contributed by atoms with van der Waals surface area (Å²) in [6.07, 6.45) is 0. The summed E-state index contributed by atoms with van der Waals surface area (Å²) in [4.78, 5) is 14.5. The van der Waals surface area contributed by atoms with Crippen molar-refractivity contribution in [2.45, 2.75) is 13.8 Å². The van der Waals surface area contributed by atoms with Crippen LogP contribution in [0.25, 0.3) is 0 Å². The molecule has 0 saturated heterocycles. The molecule has 2 N–H and O–H groups in total. The van der Waals surface area contributed by atoms with Crippen molar-refractivity contribution < 1.29 is 9.53 Å². The number of nitrogens with zero attached hydrogens (tertiary/aromatic N) is 1. The fraction of sp³-hybridized carbons (Fsp3) is 0.235. The van der Waals surface area contributed by atoms with Gasteiger partial charge in [-0.15, -0.1) is 0 Å². The molecular weight excluding hydrogens is 264 g/mol. The number of hydrogen-bond acceptors (Lipinski definition) is 3. The molecule has 0 aliphatic carbocycles. The summed E-state index contributed by atoms with van der Waals surface area (Å²) in [5, 5.41) is 0. The molecular formula is C17H20N2O2. The van der Waals surface area contributed by atoms with Crippen molar-refractivity contribution in [2.24, 2.45) is 0 Å². The van der Waals surface area contributed by atoms with Gasteiger partial charge in [-0.1, -0.05) is 24.3 Å². The molecule has 2 rings (SSSR count). The first-order valence-corrected chi connectivity index (χ1v) is 6.90. The standard InChI is InChI=1S/C17H20N2O2/c1-4-19(14-10-6-5-8-12(14)2)17(20)13-9-7-11-15(21-3)16(13)18/h5-11H,4,18H2,1-3H3. The number of methoxy groups -OCH3 is 1. The lowest BCUT2D eigenvalue weighted by Crippen LogP contribution is -2.31. The smallest absolute Gasteiger partial charge is 0.260 e. The van der Waals surface area contributed by atoms with Gasteiger partial charge in [0.25, 0.3) is 5.91 Å². The van der Waals surface area contributed by atoms with E-state index in [2.05, 4.69) is 0 Å². The Morgan fingerprint density at radius 3 is 2.52 bits per heavy atom. The molecule has 2 aromatic carbocycles. The zero-order valence-corrected chi connectivity index (χ0v) is 12.6. The number of anilines is 2. The Bertz CT molecular complexity index is 653. The first-order valence-electron chi connectivity index (χ1n) is 6.90. The van der Waals surface area contributed by atoms with E-state index in [-0.39, 0.29) is 5.91 Å². The summed E-state index contributed by atoms with van der Waals surface area (Å²) in [6.45, 7) is 4.50. The second-order valence-electron chi connectivity index (χ2n) is 4.76. The Balaban J connectivity index is 2.45. The zero-order chi connectivity index (χ0) is 15.4. The van der Waals surface area contributed by atoms with Crippen LogP contribution in [0.2, 0.25) is 0 Å². The monoisotopic (exact) mass is 284 g/mol. The van der Waals surface area contributed by atoms with Crippen molar-refractivity contribution in [3.63, 3.8) is 0 Å². The number of rotatable bonds is 4. The molecule has 0 unspecified atom stereocenters. The largest absolute Gasteiger partial charge is 0.495 e. The molecule has 0 aliphatic rings. The molecule has 0 saturated carbocycles. The van der Waals surface area contributed by atoms with Gasteiger partial charge in [0.2, 0.25) is 0 Å². The van der Waals surface area contributed by atoms with E-state index in [9.17, 15) is 4.79 Å². The van der Waals surface area contributed by atoms with Crippen LogP contribution in [0.5, 0.6) is 5.75 Å². The molecule has 0 fully saturated rings. The number of amides is 1. The summed E-state index contributed by atoms with van der Waals surface area (Å²) in [5.74, 6) is 0.393. The van der Waals surface area contributed by atoms with Gasteiger partial charge in [0.1, 0.15) is 5.75 Å². The highest BCUT2D eigenvalue weighted by Gasteiger charge is 2.20. The number of aryl methyl sites for hydroxylation is 1. The van der Waals surface area contributed by atoms with Crippen molar-refractivity contribution in [3.05, 3.63) is 53.6 Å². The van der Waals surface area contributed by atoms with Crippen molar-refractivity contribution in [1.82, 2.24) is 0 Å². The van der Waals surface area contributed by atoms with E-state index in [1.165, 1.54) is 0 Å². The fourth-order valence-electron chi connectivity index (χ4n) is 2.34. The van der Waals surface area contributed by atoms with Crippen LogP contribution >= 0.6 is 0 Å². The van der Waals surface area contributed by atoms with E-state index in [0.29, 0.717) is 23.5 Å². The Hall–Kier alpha value is -2.49. The second kappa shape index (κ2) is 6.31. The van der Waals surface area contributed by atoms with Crippen LogP contribution in [0.4, 0.5) is 11.4 Å². The van der Waals surface area contributed by atoms with E-state index < -0.39 is 0 Å². The maximum Gasteiger partial charge on any atom is 0.260 e. The third kappa shape index (κ3) is 2.84. The minimum absolute atomic E-state index is 0.122. The molecule has 0 aromatic heterocycles. The molecule has 0 atom stereocenters. The van der Waals surface area contributed by atoms with Gasteiger partial charge in [0.05, 0.1) is 18.4 Å². The third-order valence-corrected chi connectivity index (χ3v) is 3.48. The van der Waals surface area contributed by atoms with Crippen LogP contribution in [0.15, 0.2) is 42.5 Å². The number of hydrogen-bond donors (Lipinski definition) is 1. The van der Waals surface area contributed by atoms with Crippen molar-refractivity contribution in [2.75, 3.05) is 24.3 Å². The normalized spacial score (nSPS) is 10.2. The Morgan fingerprint density at radius 2 is 1.90 bits per heavy atom. The predicted octanol–water partition coefficient (Wildman–Crippen LogP) is 3.25. The molecule has 4 nitrogen and oxygen atoms in total. The predicted molar refractivity (Wildman–Crippen MR) is 85.9 cm³/mol. The maximum absolute atomic E-state index is 12.8. The van der Waals surface area contributed by atoms with Crippen LogP contribution in [-0.4, -0.2) is 19.6 Å². The van der Waals surface area contributed by atoms with Gasteiger partial charge in [-0.05, 0) is 37.6 Å². The van der Waals surface area contributed by atoms with Gasteiger partial charge in [0.15, 0.2) is 0 Å². The van der Waals surface area contributed by atoms with Gasteiger partial charge in [-0.2, -0.15) is 0 Å². The van der Waals surface area contributed by atoms with E-state index in [4.69, 9.17) is 10.5 Å². The van der Waals surface area contributed by atoms with Gasteiger partial charge in [-0.3, -0.25) is 4.79 Å². The average Bonchev–Trinajstić information content (AvgIpc) is 2.50. The maximum atomic E-state index is 12.8. The summed E-state index contributed by atoms with van der Waals surface area (Å²) in [5.41, 5.74) is 8.81. The first kappa shape index (κ1) is 14.9. The van der Waals surface area contributed by atoms with E-state index >= 15 is 0 Å². The molecule has 0 aliphatic heterocycles. The van der Waals surface area contributed by atoms with E-state index in [1.54, 1.807) is 30.2 Å². The Kier molecular flexibility index (Phi) is 4.48. The lowest BCUT2D eigenvalue weighted by atomic mass is 10.1. The van der Waals surface area contributed by atoms with Crippen molar-refractivity contribution in [3.8, 4) is 5.75 Å². The average molecular weight is 284 g/mol. The van der Waals surface area contributed by atoms with Gasteiger partial charge in [-0.25, -0.2) is 0 Å². The molecule has 2 aromatic rings. The number of nitrogens with two attached hydrogens (primary N) is 1. The van der Waals surface area contributed by atoms with Crippen molar-refractivity contribution >= 4 is 17.3 Å². The topological polar surface area (TPSA) is 55.6 Å². The van der Waals surface area contributed by atoms with E-state index in [1.807, 2.05) is 38.1 Å². The molecule has 0 bridgehead atoms. The highest BCUT2D eigenvalue weighted by molar-refractivity contribution is 6.10. The lowest BCUT2D eigenvalue weighted by molar-refractivity contribution is 0.0988. The van der Waals surface area contributed by atoms with Crippen LogP contribution in [0, 0.1) is 6.92 Å². The Labute approximate surface area is 125 Å². The quantitative estimate of drug-likeness (QED) is 0.877. The van der Waals surface area contributed by atoms with E-state index in [0.717, 1.165) is 11.3 Å². The molecule has 0 heterocycles. The third-order valence-electron chi connectivity index (χ3n) is 3.48. The Morgan fingerprint density at radius 1 is 1.19 bits per heavy atom. The molecule has 1 amide bonds. The summed E-state index contributed by atoms with van der Waals surface area (Å²) in [6, 6.07) is 13.0. The zero-order valence-electron chi connectivity index (χ0n) is 12.6. The number of nitrogen functional groups attached to an aromatic ring is 1. The van der Waals surface area contributed by atoms with Gasteiger partial charge in [0, 0.05) is 12.2 Å². The number of benzene rings is 2. The highest BCUT2D eigenvalue weighted by atomic mass is 16.5. The fourth-order valence-corrected chi connectivity index (χ4v) is 2.34. The number of carbonyl (C=O) groups is 1. The lowest BCUT2D eigenvalue weighted by Gasteiger charge is -2.24. The summed E-state index contributed by atoms with van der Waals surface area (Å²) < 4.78 is 5.18. The molecule has 110 valence electrons. The summed E-state index contributed by atoms with van der Waals surface area (Å²) in [7, 11) is 1.54. The van der Waals surface area contributed by atoms with Crippen LogP contribution in [0.3, 0.4) is 0 Å². The number of ether oxygens (including phenoxy) is 1. The molecule has 0 radical (unpaired) electrons. The van der Waals surface area contributed by atoms with Crippen LogP contribution in [-0.2, 0) is 0 Å². The van der Waals surface area contributed by atoms with Crippen LogP contribution in [0.1, 0.15) is 22.8 Å². The SMILES string of the molecule is CCN(C(=O)c1cccc(OC)c1N)c1ccccc1C. The molecule has 21 heavy (non-hydrogen) atoms. The molecule has 0 spiro atoms. The minimum atomic E-state index is -0.122. The van der Waals surface area contributed by atoms with Crippen molar-refractivity contribution in [1.29, 1.82) is 0 Å². The number of para-hydroxylation sites is 2. The number of carbonyl (C=O) groups excluding carboxylic acids is 1. The second-order valence-corrected chi connectivity index (χ2v) is 4.76. The molecule has 4 heteroatoms. The summed E-state index contributed by atoms with van der Waals surface area (Å²) >= 11 is 0. The van der Waals surface area contributed by atoms with Gasteiger partial charge < -0.3 is 15.4 Å². The van der Waals surface area contributed by atoms with Crippen LogP contribution < -0.4 is 15.4 Å². The first-order chi connectivity index (χ1) is 10.1. The minimum Gasteiger partial charge on any atom is -0.495 e. The highest BCUT2D eigenvalue weighted by Crippen LogP contribution is 2.28.